The molecular formula is C17H26N2O. The van der Waals surface area contributed by atoms with E-state index in [0.717, 1.165) is 44.3 Å². The zero-order valence-electron chi connectivity index (χ0n) is 12.7. The Morgan fingerprint density at radius 3 is 2.75 bits per heavy atom. The van der Waals surface area contributed by atoms with Gasteiger partial charge in [0, 0.05) is 23.8 Å². The molecule has 0 saturated heterocycles. The number of rotatable bonds is 6. The summed E-state index contributed by atoms with van der Waals surface area (Å²) in [6, 6.07) is 6.21. The first-order chi connectivity index (χ1) is 9.74. The fraction of sp³-hybridized carbons (Fsp3) is 0.588. The highest BCUT2D eigenvalue weighted by Gasteiger charge is 2.17. The molecule has 1 heterocycles. The first kappa shape index (κ1) is 14.9. The predicted molar refractivity (Wildman–Crippen MR) is 85.2 cm³/mol. The predicted octanol–water partition coefficient (Wildman–Crippen LogP) is 4.20. The molecule has 1 aliphatic heterocycles. The van der Waals surface area contributed by atoms with Gasteiger partial charge in [0.2, 0.25) is 5.91 Å². The number of anilines is 2. The monoisotopic (exact) mass is 274 g/mol. The second kappa shape index (κ2) is 7.32. The Hall–Kier alpha value is -1.51. The van der Waals surface area contributed by atoms with Crippen LogP contribution >= 0.6 is 0 Å². The molecule has 1 aliphatic rings. The molecule has 0 saturated carbocycles. The molecule has 110 valence electrons. The minimum atomic E-state index is 0.152. The van der Waals surface area contributed by atoms with E-state index in [9.17, 15) is 4.79 Å². The zero-order chi connectivity index (χ0) is 14.4. The van der Waals surface area contributed by atoms with E-state index in [1.165, 1.54) is 17.7 Å². The maximum absolute atomic E-state index is 12.3. The summed E-state index contributed by atoms with van der Waals surface area (Å²) in [4.78, 5) is 12.3. The van der Waals surface area contributed by atoms with Gasteiger partial charge in [0.15, 0.2) is 0 Å². The lowest BCUT2D eigenvalue weighted by molar-refractivity contribution is -0.120. The Labute approximate surface area is 122 Å². The Morgan fingerprint density at radius 2 is 2.05 bits per heavy atom. The fourth-order valence-corrected chi connectivity index (χ4v) is 2.90. The zero-order valence-corrected chi connectivity index (χ0v) is 12.7. The van der Waals surface area contributed by atoms with E-state index in [4.69, 9.17) is 0 Å². The number of hydrogen-bond donors (Lipinski definition) is 2. The van der Waals surface area contributed by atoms with Crippen molar-refractivity contribution in [3.8, 4) is 0 Å². The van der Waals surface area contributed by atoms with Crippen molar-refractivity contribution in [2.75, 3.05) is 17.2 Å². The third-order valence-electron chi connectivity index (χ3n) is 3.96. The Morgan fingerprint density at radius 1 is 1.30 bits per heavy atom. The Bertz CT molecular complexity index is 450. The molecule has 0 bridgehead atoms. The first-order valence-electron chi connectivity index (χ1n) is 7.92. The summed E-state index contributed by atoms with van der Waals surface area (Å²) in [6.45, 7) is 5.33. The molecule has 1 aromatic carbocycles. The van der Waals surface area contributed by atoms with E-state index in [0.29, 0.717) is 0 Å². The van der Waals surface area contributed by atoms with E-state index >= 15 is 0 Å². The Kier molecular flexibility index (Phi) is 5.45. The smallest absolute Gasteiger partial charge is 0.227 e. The summed E-state index contributed by atoms with van der Waals surface area (Å²) in [7, 11) is 0. The van der Waals surface area contributed by atoms with Crippen molar-refractivity contribution in [2.45, 2.75) is 52.4 Å². The van der Waals surface area contributed by atoms with Crippen LogP contribution in [0.2, 0.25) is 0 Å². The van der Waals surface area contributed by atoms with Crippen LogP contribution in [0.4, 0.5) is 11.4 Å². The van der Waals surface area contributed by atoms with Gasteiger partial charge in [-0.3, -0.25) is 4.79 Å². The van der Waals surface area contributed by atoms with E-state index < -0.39 is 0 Å². The van der Waals surface area contributed by atoms with Crippen LogP contribution in [0.1, 0.15) is 51.5 Å². The summed E-state index contributed by atoms with van der Waals surface area (Å²) in [6.07, 6.45) is 6.34. The SMILES string of the molecule is CCCC(CCC)C(=O)Nc1ccc2c(c1)CCCN2. The standard InChI is InChI=1S/C17H26N2O/c1-3-6-13(7-4-2)17(20)19-15-9-10-16-14(12-15)8-5-11-18-16/h9-10,12-13,18H,3-8,11H2,1-2H3,(H,19,20). The third-order valence-corrected chi connectivity index (χ3v) is 3.96. The molecule has 0 spiro atoms. The average Bonchev–Trinajstić information content (AvgIpc) is 2.47. The quantitative estimate of drug-likeness (QED) is 0.816. The molecular weight excluding hydrogens is 248 g/mol. The highest BCUT2D eigenvalue weighted by molar-refractivity contribution is 5.92. The Balaban J connectivity index is 2.03. The molecule has 20 heavy (non-hydrogen) atoms. The molecule has 0 unspecified atom stereocenters. The van der Waals surface area contributed by atoms with Crippen LogP contribution in [-0.2, 0) is 11.2 Å². The number of carbonyl (C=O) groups excluding carboxylic acids is 1. The van der Waals surface area contributed by atoms with E-state index in [1.54, 1.807) is 0 Å². The van der Waals surface area contributed by atoms with Crippen LogP contribution < -0.4 is 10.6 Å². The molecule has 1 amide bonds. The van der Waals surface area contributed by atoms with Gasteiger partial charge in [-0.25, -0.2) is 0 Å². The lowest BCUT2D eigenvalue weighted by Crippen LogP contribution is -2.23. The van der Waals surface area contributed by atoms with Gasteiger partial charge in [0.1, 0.15) is 0 Å². The van der Waals surface area contributed by atoms with Crippen molar-refractivity contribution >= 4 is 17.3 Å². The van der Waals surface area contributed by atoms with E-state index in [2.05, 4.69) is 36.6 Å². The minimum Gasteiger partial charge on any atom is -0.385 e. The summed E-state index contributed by atoms with van der Waals surface area (Å²) in [5.74, 6) is 0.330. The van der Waals surface area contributed by atoms with Crippen LogP contribution in [0.15, 0.2) is 18.2 Å². The van der Waals surface area contributed by atoms with Gasteiger partial charge in [0.25, 0.3) is 0 Å². The summed E-state index contributed by atoms with van der Waals surface area (Å²) < 4.78 is 0. The maximum atomic E-state index is 12.3. The highest BCUT2D eigenvalue weighted by Crippen LogP contribution is 2.26. The van der Waals surface area contributed by atoms with Crippen molar-refractivity contribution in [3.05, 3.63) is 23.8 Å². The van der Waals surface area contributed by atoms with Crippen LogP contribution in [0.25, 0.3) is 0 Å². The van der Waals surface area contributed by atoms with Gasteiger partial charge < -0.3 is 10.6 Å². The van der Waals surface area contributed by atoms with Crippen molar-refractivity contribution in [1.29, 1.82) is 0 Å². The molecule has 2 N–H and O–H groups in total. The van der Waals surface area contributed by atoms with Crippen molar-refractivity contribution in [2.24, 2.45) is 5.92 Å². The second-order valence-corrected chi connectivity index (χ2v) is 5.67. The lowest BCUT2D eigenvalue weighted by Gasteiger charge is -2.20. The second-order valence-electron chi connectivity index (χ2n) is 5.67. The number of benzene rings is 1. The molecule has 3 heteroatoms. The fourth-order valence-electron chi connectivity index (χ4n) is 2.90. The van der Waals surface area contributed by atoms with Gasteiger partial charge in [-0.1, -0.05) is 26.7 Å². The molecule has 0 atom stereocenters. The summed E-state index contributed by atoms with van der Waals surface area (Å²) in [5, 5.41) is 6.49. The minimum absolute atomic E-state index is 0.152. The molecule has 2 rings (SSSR count). The van der Waals surface area contributed by atoms with E-state index in [1.807, 2.05) is 6.07 Å². The number of amides is 1. The first-order valence-corrected chi connectivity index (χ1v) is 7.92. The number of fused-ring (bicyclic) bond motifs is 1. The largest absolute Gasteiger partial charge is 0.385 e. The number of aryl methyl sites for hydroxylation is 1. The molecule has 0 aromatic heterocycles. The summed E-state index contributed by atoms with van der Waals surface area (Å²) >= 11 is 0. The molecule has 1 aromatic rings. The highest BCUT2D eigenvalue weighted by atomic mass is 16.1. The normalized spacial score (nSPS) is 13.8. The van der Waals surface area contributed by atoms with Gasteiger partial charge in [-0.05, 0) is 49.4 Å². The maximum Gasteiger partial charge on any atom is 0.227 e. The molecule has 3 nitrogen and oxygen atoms in total. The van der Waals surface area contributed by atoms with E-state index in [-0.39, 0.29) is 11.8 Å². The lowest BCUT2D eigenvalue weighted by atomic mass is 9.97. The van der Waals surface area contributed by atoms with Crippen molar-refractivity contribution in [1.82, 2.24) is 0 Å². The molecule has 0 fully saturated rings. The van der Waals surface area contributed by atoms with Crippen molar-refractivity contribution < 1.29 is 4.79 Å². The number of carbonyl (C=O) groups is 1. The van der Waals surface area contributed by atoms with Gasteiger partial charge in [0.05, 0.1) is 0 Å². The molecule has 0 radical (unpaired) electrons. The average molecular weight is 274 g/mol. The van der Waals surface area contributed by atoms with Crippen LogP contribution in [-0.4, -0.2) is 12.5 Å². The van der Waals surface area contributed by atoms with Gasteiger partial charge in [-0.15, -0.1) is 0 Å². The van der Waals surface area contributed by atoms with Gasteiger partial charge in [-0.2, -0.15) is 0 Å². The van der Waals surface area contributed by atoms with Crippen LogP contribution in [0, 0.1) is 5.92 Å². The summed E-state index contributed by atoms with van der Waals surface area (Å²) in [5.41, 5.74) is 3.47. The van der Waals surface area contributed by atoms with Gasteiger partial charge >= 0.3 is 0 Å². The molecule has 0 aliphatic carbocycles. The van der Waals surface area contributed by atoms with Crippen LogP contribution in [0.3, 0.4) is 0 Å². The number of hydrogen-bond acceptors (Lipinski definition) is 2. The number of nitrogens with one attached hydrogen (secondary N) is 2. The third kappa shape index (κ3) is 3.75. The van der Waals surface area contributed by atoms with Crippen LogP contribution in [0.5, 0.6) is 0 Å². The topological polar surface area (TPSA) is 41.1 Å². The van der Waals surface area contributed by atoms with Crippen molar-refractivity contribution in [3.63, 3.8) is 0 Å².